The first-order chi connectivity index (χ1) is 15.6. The quantitative estimate of drug-likeness (QED) is 0.361. The smallest absolute Gasteiger partial charge is 0.338 e. The highest BCUT2D eigenvalue weighted by Gasteiger charge is 2.21. The van der Waals surface area contributed by atoms with Crippen LogP contribution < -0.4 is 4.74 Å². The van der Waals surface area contributed by atoms with Crippen molar-refractivity contribution < 1.29 is 19.0 Å². The topological polar surface area (TPSA) is 44.8 Å². The van der Waals surface area contributed by atoms with Gasteiger partial charge in [0.15, 0.2) is 0 Å². The SMILES string of the molecule is COc1ccc(COC[C@H](C)C(/C=C(\C)c2ccccc2)OC(=O)c2ccccc2)cc1. The van der Waals surface area contributed by atoms with E-state index in [0.29, 0.717) is 18.8 Å². The van der Waals surface area contributed by atoms with E-state index in [-0.39, 0.29) is 11.9 Å². The molecule has 0 heterocycles. The molecule has 4 heteroatoms. The van der Waals surface area contributed by atoms with Crippen molar-refractivity contribution in [1.29, 1.82) is 0 Å². The van der Waals surface area contributed by atoms with Crippen LogP contribution in [0.4, 0.5) is 0 Å². The van der Waals surface area contributed by atoms with Gasteiger partial charge in [0.25, 0.3) is 0 Å². The third-order valence-electron chi connectivity index (χ3n) is 5.27. The lowest BCUT2D eigenvalue weighted by atomic mass is 9.99. The molecule has 0 radical (unpaired) electrons. The Morgan fingerprint density at radius 1 is 0.875 bits per heavy atom. The van der Waals surface area contributed by atoms with Gasteiger partial charge in [0.2, 0.25) is 0 Å². The van der Waals surface area contributed by atoms with E-state index in [4.69, 9.17) is 14.2 Å². The highest BCUT2D eigenvalue weighted by Crippen LogP contribution is 2.21. The Balaban J connectivity index is 1.69. The summed E-state index contributed by atoms with van der Waals surface area (Å²) in [6, 6.07) is 26.9. The number of carbonyl (C=O) groups is 1. The van der Waals surface area contributed by atoms with E-state index in [0.717, 1.165) is 22.4 Å². The Bertz CT molecular complexity index is 995. The first-order valence-electron chi connectivity index (χ1n) is 10.8. The van der Waals surface area contributed by atoms with Crippen LogP contribution in [0.3, 0.4) is 0 Å². The normalized spacial score (nSPS) is 13.3. The Morgan fingerprint density at radius 3 is 2.06 bits per heavy atom. The van der Waals surface area contributed by atoms with Crippen LogP contribution in [0.15, 0.2) is 91.0 Å². The summed E-state index contributed by atoms with van der Waals surface area (Å²) in [7, 11) is 1.65. The van der Waals surface area contributed by atoms with Gasteiger partial charge in [-0.05, 0) is 54.0 Å². The number of esters is 1. The molecule has 0 aliphatic rings. The number of rotatable bonds is 10. The Morgan fingerprint density at radius 2 is 1.47 bits per heavy atom. The molecule has 0 amide bonds. The second-order valence-corrected chi connectivity index (χ2v) is 7.79. The van der Waals surface area contributed by atoms with Crippen molar-refractivity contribution in [1.82, 2.24) is 0 Å². The van der Waals surface area contributed by atoms with E-state index in [1.165, 1.54) is 0 Å². The monoisotopic (exact) mass is 430 g/mol. The number of ether oxygens (including phenoxy) is 3. The summed E-state index contributed by atoms with van der Waals surface area (Å²) in [6.45, 7) is 5.00. The van der Waals surface area contributed by atoms with Crippen LogP contribution in [-0.4, -0.2) is 25.8 Å². The summed E-state index contributed by atoms with van der Waals surface area (Å²) in [4.78, 5) is 12.7. The fourth-order valence-corrected chi connectivity index (χ4v) is 3.30. The molecule has 0 bridgehead atoms. The molecule has 0 N–H and O–H groups in total. The van der Waals surface area contributed by atoms with Crippen LogP contribution in [0, 0.1) is 5.92 Å². The van der Waals surface area contributed by atoms with Crippen molar-refractivity contribution >= 4 is 11.5 Å². The maximum atomic E-state index is 12.7. The molecule has 0 aromatic heterocycles. The fraction of sp³-hybridized carbons (Fsp3) is 0.250. The van der Waals surface area contributed by atoms with Gasteiger partial charge < -0.3 is 14.2 Å². The predicted molar refractivity (Wildman–Crippen MR) is 128 cm³/mol. The Kier molecular flexibility index (Phi) is 8.64. The zero-order chi connectivity index (χ0) is 22.8. The molecule has 0 saturated heterocycles. The number of hydrogen-bond acceptors (Lipinski definition) is 4. The van der Waals surface area contributed by atoms with Gasteiger partial charge in [-0.1, -0.05) is 67.6 Å². The maximum absolute atomic E-state index is 12.7. The average Bonchev–Trinajstić information content (AvgIpc) is 2.85. The molecule has 0 aliphatic carbocycles. The molecule has 1 unspecified atom stereocenters. The summed E-state index contributed by atoms with van der Waals surface area (Å²) >= 11 is 0. The lowest BCUT2D eigenvalue weighted by Gasteiger charge is -2.23. The van der Waals surface area contributed by atoms with Gasteiger partial charge in [0.05, 0.1) is 25.9 Å². The minimum Gasteiger partial charge on any atom is -0.497 e. The number of hydrogen-bond donors (Lipinski definition) is 0. The minimum atomic E-state index is -0.418. The second-order valence-electron chi connectivity index (χ2n) is 7.79. The van der Waals surface area contributed by atoms with Crippen LogP contribution in [0.25, 0.3) is 5.57 Å². The highest BCUT2D eigenvalue weighted by atomic mass is 16.5. The van der Waals surface area contributed by atoms with E-state index in [2.05, 4.69) is 0 Å². The molecule has 3 aromatic carbocycles. The highest BCUT2D eigenvalue weighted by molar-refractivity contribution is 5.89. The number of benzene rings is 3. The third-order valence-corrected chi connectivity index (χ3v) is 5.27. The van der Waals surface area contributed by atoms with Gasteiger partial charge >= 0.3 is 5.97 Å². The first kappa shape index (κ1) is 23.3. The van der Waals surface area contributed by atoms with Gasteiger partial charge in [-0.2, -0.15) is 0 Å². The van der Waals surface area contributed by atoms with Crippen molar-refractivity contribution in [2.75, 3.05) is 13.7 Å². The summed E-state index contributed by atoms with van der Waals surface area (Å²) in [5.74, 6) is 0.450. The molecule has 0 spiro atoms. The van der Waals surface area contributed by atoms with Crippen LogP contribution in [-0.2, 0) is 16.1 Å². The zero-order valence-corrected chi connectivity index (χ0v) is 18.9. The van der Waals surface area contributed by atoms with E-state index < -0.39 is 6.10 Å². The van der Waals surface area contributed by atoms with Crippen LogP contribution in [0.5, 0.6) is 5.75 Å². The molecule has 2 atom stereocenters. The molecule has 166 valence electrons. The molecule has 0 saturated carbocycles. The fourth-order valence-electron chi connectivity index (χ4n) is 3.30. The molecular weight excluding hydrogens is 400 g/mol. The first-order valence-corrected chi connectivity index (χ1v) is 10.8. The third kappa shape index (κ3) is 6.82. The van der Waals surface area contributed by atoms with Crippen LogP contribution in [0.1, 0.15) is 35.3 Å². The molecule has 3 aromatic rings. The molecular formula is C28H30O4. The molecule has 0 aliphatic heterocycles. The maximum Gasteiger partial charge on any atom is 0.338 e. The molecule has 3 rings (SSSR count). The number of allylic oxidation sites excluding steroid dienone is 1. The summed E-state index contributed by atoms with van der Waals surface area (Å²) in [5.41, 5.74) is 3.75. The van der Waals surface area contributed by atoms with Gasteiger partial charge in [0, 0.05) is 5.92 Å². The standard InChI is InChI=1S/C28H30O4/c1-21(24-10-6-4-7-11-24)18-27(32-28(29)25-12-8-5-9-13-25)22(2)19-31-20-23-14-16-26(30-3)17-15-23/h4-18,22,27H,19-20H2,1-3H3/b21-18+/t22-,27?/m0/s1. The lowest BCUT2D eigenvalue weighted by Crippen LogP contribution is -2.27. The van der Waals surface area contributed by atoms with Crippen LogP contribution in [0.2, 0.25) is 0 Å². The van der Waals surface area contributed by atoms with E-state index in [1.54, 1.807) is 19.2 Å². The van der Waals surface area contributed by atoms with Gasteiger partial charge in [-0.3, -0.25) is 0 Å². The van der Waals surface area contributed by atoms with Crippen LogP contribution >= 0.6 is 0 Å². The Labute approximate surface area is 190 Å². The minimum absolute atomic E-state index is 0.0282. The van der Waals surface area contributed by atoms with Crippen molar-refractivity contribution in [3.8, 4) is 5.75 Å². The predicted octanol–water partition coefficient (Wildman–Crippen LogP) is 6.18. The van der Waals surface area contributed by atoms with Gasteiger partial charge in [-0.25, -0.2) is 4.79 Å². The Hall–Kier alpha value is -3.37. The van der Waals surface area contributed by atoms with E-state index in [1.807, 2.05) is 92.7 Å². The van der Waals surface area contributed by atoms with Crippen molar-refractivity contribution in [2.24, 2.45) is 5.92 Å². The molecule has 4 nitrogen and oxygen atoms in total. The van der Waals surface area contributed by atoms with Crippen molar-refractivity contribution in [2.45, 2.75) is 26.6 Å². The van der Waals surface area contributed by atoms with Crippen molar-refractivity contribution in [3.63, 3.8) is 0 Å². The lowest BCUT2D eigenvalue weighted by molar-refractivity contribution is 0.00866. The van der Waals surface area contributed by atoms with E-state index >= 15 is 0 Å². The molecule has 32 heavy (non-hydrogen) atoms. The van der Waals surface area contributed by atoms with Crippen molar-refractivity contribution in [3.05, 3.63) is 108 Å². The summed E-state index contributed by atoms with van der Waals surface area (Å²) < 4.78 is 17.1. The number of carbonyl (C=O) groups excluding carboxylic acids is 1. The van der Waals surface area contributed by atoms with Gasteiger partial charge in [-0.15, -0.1) is 0 Å². The largest absolute Gasteiger partial charge is 0.497 e. The summed E-state index contributed by atoms with van der Waals surface area (Å²) in [5, 5.41) is 0. The molecule has 0 fully saturated rings. The summed E-state index contributed by atoms with van der Waals surface area (Å²) in [6.07, 6.45) is 1.59. The zero-order valence-electron chi connectivity index (χ0n) is 18.9. The van der Waals surface area contributed by atoms with Gasteiger partial charge in [0.1, 0.15) is 11.9 Å². The average molecular weight is 431 g/mol. The van der Waals surface area contributed by atoms with E-state index in [9.17, 15) is 4.79 Å². The second kappa shape index (κ2) is 11.9. The number of methoxy groups -OCH3 is 1.